The fourth-order valence-electron chi connectivity index (χ4n) is 2.18. The van der Waals surface area contributed by atoms with Gasteiger partial charge in [-0.25, -0.2) is 0 Å². The minimum absolute atomic E-state index is 0.0303. The third-order valence-corrected chi connectivity index (χ3v) is 3.15. The van der Waals surface area contributed by atoms with Gasteiger partial charge in [-0.15, -0.1) is 0 Å². The summed E-state index contributed by atoms with van der Waals surface area (Å²) < 4.78 is 33.6. The summed E-state index contributed by atoms with van der Waals surface area (Å²) in [6, 6.07) is 5.35. The number of hydrogen-bond acceptors (Lipinski definition) is 4. The lowest BCUT2D eigenvalue weighted by Gasteiger charge is -2.32. The highest BCUT2D eigenvalue weighted by Crippen LogP contribution is 2.17. The van der Waals surface area contributed by atoms with Gasteiger partial charge >= 0.3 is 12.6 Å². The predicted octanol–water partition coefficient (Wildman–Crippen LogP) is 1.60. The average Bonchev–Trinajstić information content (AvgIpc) is 2.46. The molecular weight excluding hydrogens is 300 g/mol. The Kier molecular flexibility index (Phi) is 5.26. The molecule has 0 bridgehead atoms. The Labute approximate surface area is 125 Å². The third kappa shape index (κ3) is 4.39. The number of hydrogen-bond donors (Lipinski definition) is 1. The summed E-state index contributed by atoms with van der Waals surface area (Å²) in [7, 11) is 0. The Hall–Kier alpha value is -2.22. The molecule has 1 aliphatic heterocycles. The third-order valence-electron chi connectivity index (χ3n) is 3.15. The van der Waals surface area contributed by atoms with E-state index in [0.717, 1.165) is 0 Å². The topological polar surface area (TPSA) is 76.1 Å². The zero-order valence-corrected chi connectivity index (χ0v) is 11.6. The maximum absolute atomic E-state index is 12.3. The zero-order valence-electron chi connectivity index (χ0n) is 11.6. The molecule has 1 aromatic rings. The quantitative estimate of drug-likeness (QED) is 0.893. The van der Waals surface area contributed by atoms with Crippen LogP contribution in [0.2, 0.25) is 0 Å². The maximum Gasteiger partial charge on any atom is 0.387 e. The van der Waals surface area contributed by atoms with Crippen molar-refractivity contribution in [1.82, 2.24) is 4.90 Å². The first kappa shape index (κ1) is 16.2. The number of benzene rings is 1. The normalized spacial score (nSPS) is 18.3. The van der Waals surface area contributed by atoms with E-state index in [9.17, 15) is 18.4 Å². The van der Waals surface area contributed by atoms with Gasteiger partial charge in [0.2, 0.25) is 0 Å². The monoisotopic (exact) mass is 315 g/mol. The van der Waals surface area contributed by atoms with Crippen molar-refractivity contribution >= 4 is 11.9 Å². The molecule has 0 aliphatic carbocycles. The van der Waals surface area contributed by atoms with Gasteiger partial charge in [0, 0.05) is 18.7 Å². The number of halogens is 2. The highest BCUT2D eigenvalue weighted by Gasteiger charge is 2.26. The molecule has 0 saturated carbocycles. The lowest BCUT2D eigenvalue weighted by molar-refractivity contribution is -0.141. The molecule has 1 N–H and O–H groups in total. The van der Waals surface area contributed by atoms with E-state index in [0.29, 0.717) is 12.1 Å². The van der Waals surface area contributed by atoms with Gasteiger partial charge in [-0.1, -0.05) is 0 Å². The lowest BCUT2D eigenvalue weighted by Crippen LogP contribution is -2.46. The van der Waals surface area contributed by atoms with Crippen LogP contribution < -0.4 is 4.74 Å². The molecule has 0 spiro atoms. The van der Waals surface area contributed by atoms with Gasteiger partial charge in [-0.2, -0.15) is 8.78 Å². The number of carboxylic acids is 1. The SMILES string of the molecule is O=C(O)CC1CN(C(=O)c2ccc(OC(F)F)cc2)CCO1. The number of alkyl halides is 2. The van der Waals surface area contributed by atoms with E-state index < -0.39 is 18.7 Å². The number of aliphatic carboxylic acids is 1. The Bertz CT molecular complexity index is 535. The molecule has 0 aromatic heterocycles. The van der Waals surface area contributed by atoms with E-state index in [2.05, 4.69) is 4.74 Å². The summed E-state index contributed by atoms with van der Waals surface area (Å²) in [5.41, 5.74) is 0.317. The van der Waals surface area contributed by atoms with Crippen LogP contribution in [-0.4, -0.2) is 54.3 Å². The smallest absolute Gasteiger partial charge is 0.387 e. The highest BCUT2D eigenvalue weighted by molar-refractivity contribution is 5.94. The summed E-state index contributed by atoms with van der Waals surface area (Å²) in [5.74, 6) is -1.33. The van der Waals surface area contributed by atoms with Crippen molar-refractivity contribution in [3.05, 3.63) is 29.8 Å². The van der Waals surface area contributed by atoms with Gasteiger partial charge < -0.3 is 19.5 Å². The minimum atomic E-state index is -2.92. The first-order valence-electron chi connectivity index (χ1n) is 6.63. The molecule has 1 unspecified atom stereocenters. The maximum atomic E-state index is 12.3. The first-order chi connectivity index (χ1) is 10.5. The van der Waals surface area contributed by atoms with Gasteiger partial charge in [-0.05, 0) is 24.3 Å². The number of nitrogens with zero attached hydrogens (tertiary/aromatic N) is 1. The van der Waals surface area contributed by atoms with Crippen LogP contribution in [0.15, 0.2) is 24.3 Å². The number of carbonyl (C=O) groups is 2. The lowest BCUT2D eigenvalue weighted by atomic mass is 10.1. The van der Waals surface area contributed by atoms with Crippen LogP contribution in [0.3, 0.4) is 0 Å². The van der Waals surface area contributed by atoms with Crippen LogP contribution in [0.4, 0.5) is 8.78 Å². The largest absolute Gasteiger partial charge is 0.481 e. The highest BCUT2D eigenvalue weighted by atomic mass is 19.3. The molecule has 1 aliphatic rings. The van der Waals surface area contributed by atoms with E-state index in [1.807, 2.05) is 0 Å². The minimum Gasteiger partial charge on any atom is -0.481 e. The molecule has 8 heteroatoms. The summed E-state index contributed by atoms with van der Waals surface area (Å²) in [6.07, 6.45) is -0.720. The van der Waals surface area contributed by atoms with E-state index in [-0.39, 0.29) is 31.2 Å². The molecule has 6 nitrogen and oxygen atoms in total. The van der Waals surface area contributed by atoms with Crippen LogP contribution in [0, 0.1) is 0 Å². The van der Waals surface area contributed by atoms with Gasteiger partial charge in [-0.3, -0.25) is 9.59 Å². The van der Waals surface area contributed by atoms with Gasteiger partial charge in [0.05, 0.1) is 19.1 Å². The number of amides is 1. The first-order valence-corrected chi connectivity index (χ1v) is 6.63. The standard InChI is InChI=1S/C14H15F2NO5/c15-14(16)22-10-3-1-9(2-4-10)13(20)17-5-6-21-11(8-17)7-12(18)19/h1-4,11,14H,5-8H2,(H,18,19). The van der Waals surface area contributed by atoms with E-state index in [1.54, 1.807) is 0 Å². The van der Waals surface area contributed by atoms with Crippen molar-refractivity contribution in [3.63, 3.8) is 0 Å². The van der Waals surface area contributed by atoms with Gasteiger partial charge in [0.25, 0.3) is 5.91 Å². The molecule has 2 rings (SSSR count). The Balaban J connectivity index is 1.99. The average molecular weight is 315 g/mol. The predicted molar refractivity (Wildman–Crippen MR) is 71.0 cm³/mol. The second-order valence-electron chi connectivity index (χ2n) is 4.74. The van der Waals surface area contributed by atoms with Crippen molar-refractivity contribution in [3.8, 4) is 5.75 Å². The molecule has 0 radical (unpaired) electrons. The van der Waals surface area contributed by atoms with Crippen LogP contribution in [0.5, 0.6) is 5.75 Å². The Morgan fingerprint density at radius 1 is 1.36 bits per heavy atom. The van der Waals surface area contributed by atoms with Crippen molar-refractivity contribution in [2.24, 2.45) is 0 Å². The molecule has 22 heavy (non-hydrogen) atoms. The number of carbonyl (C=O) groups excluding carboxylic acids is 1. The van der Waals surface area contributed by atoms with E-state index in [1.165, 1.54) is 29.2 Å². The number of carboxylic acid groups (broad SMARTS) is 1. The molecule has 1 saturated heterocycles. The Morgan fingerprint density at radius 3 is 2.64 bits per heavy atom. The van der Waals surface area contributed by atoms with Gasteiger partial charge in [0.1, 0.15) is 5.75 Å². The van der Waals surface area contributed by atoms with Crippen molar-refractivity contribution in [2.45, 2.75) is 19.1 Å². The fourth-order valence-corrected chi connectivity index (χ4v) is 2.18. The summed E-state index contributed by atoms with van der Waals surface area (Å²) in [5, 5.41) is 8.75. The Morgan fingerprint density at radius 2 is 2.05 bits per heavy atom. The van der Waals surface area contributed by atoms with Crippen LogP contribution in [0.25, 0.3) is 0 Å². The number of ether oxygens (including phenoxy) is 2. The number of rotatable bonds is 5. The van der Waals surface area contributed by atoms with Crippen LogP contribution in [-0.2, 0) is 9.53 Å². The second kappa shape index (κ2) is 7.17. The molecular formula is C14H15F2NO5. The van der Waals surface area contributed by atoms with E-state index >= 15 is 0 Å². The summed E-state index contributed by atoms with van der Waals surface area (Å²) >= 11 is 0. The van der Waals surface area contributed by atoms with Crippen LogP contribution >= 0.6 is 0 Å². The van der Waals surface area contributed by atoms with E-state index in [4.69, 9.17) is 9.84 Å². The van der Waals surface area contributed by atoms with Crippen LogP contribution in [0.1, 0.15) is 16.8 Å². The molecule has 1 atom stereocenters. The molecule has 1 fully saturated rings. The van der Waals surface area contributed by atoms with Crippen molar-refractivity contribution in [1.29, 1.82) is 0 Å². The number of morpholine rings is 1. The molecule has 1 heterocycles. The molecule has 120 valence electrons. The van der Waals surface area contributed by atoms with Crippen molar-refractivity contribution < 1.29 is 33.0 Å². The summed E-state index contributed by atoms with van der Waals surface area (Å²) in [6.45, 7) is -2.13. The van der Waals surface area contributed by atoms with Gasteiger partial charge in [0.15, 0.2) is 0 Å². The summed E-state index contributed by atoms with van der Waals surface area (Å²) in [4.78, 5) is 24.5. The second-order valence-corrected chi connectivity index (χ2v) is 4.74. The molecule has 1 aromatic carbocycles. The fraction of sp³-hybridized carbons (Fsp3) is 0.429. The molecule has 1 amide bonds. The van der Waals surface area contributed by atoms with Crippen molar-refractivity contribution in [2.75, 3.05) is 19.7 Å². The zero-order chi connectivity index (χ0) is 16.1.